The number of ether oxygens (including phenoxy) is 1. The standard InChI is InChI=1S/C18H20BrNO/c1-2-20-18(9-13-3-7-17(19)8-4-13)14-5-6-15-11-21-12-16(15)10-14/h3-8,10,18,20H,2,9,11-12H2,1H3. The van der Waals surface area contributed by atoms with Crippen molar-refractivity contribution in [1.82, 2.24) is 5.32 Å². The molecule has 0 aromatic heterocycles. The first-order chi connectivity index (χ1) is 10.3. The van der Waals surface area contributed by atoms with Crippen LogP contribution < -0.4 is 5.32 Å². The van der Waals surface area contributed by atoms with Crippen LogP contribution in [0.3, 0.4) is 0 Å². The maximum Gasteiger partial charge on any atom is 0.0725 e. The molecule has 0 spiro atoms. The van der Waals surface area contributed by atoms with E-state index >= 15 is 0 Å². The van der Waals surface area contributed by atoms with Gasteiger partial charge in [0.2, 0.25) is 0 Å². The van der Waals surface area contributed by atoms with Crippen LogP contribution in [-0.2, 0) is 24.4 Å². The first-order valence-electron chi connectivity index (χ1n) is 7.43. The third-order valence-electron chi connectivity index (χ3n) is 3.95. The van der Waals surface area contributed by atoms with Gasteiger partial charge in [-0.15, -0.1) is 0 Å². The lowest BCUT2D eigenvalue weighted by Crippen LogP contribution is -2.23. The lowest BCUT2D eigenvalue weighted by atomic mass is 9.96. The molecule has 1 aliphatic rings. The van der Waals surface area contributed by atoms with Gasteiger partial charge in [-0.2, -0.15) is 0 Å². The quantitative estimate of drug-likeness (QED) is 0.868. The van der Waals surface area contributed by atoms with Crippen LogP contribution in [0.4, 0.5) is 0 Å². The molecule has 0 saturated carbocycles. The van der Waals surface area contributed by atoms with Gasteiger partial charge in [-0.05, 0) is 47.4 Å². The minimum Gasteiger partial charge on any atom is -0.372 e. The van der Waals surface area contributed by atoms with Crippen LogP contribution >= 0.6 is 15.9 Å². The Morgan fingerprint density at radius 1 is 1.10 bits per heavy atom. The van der Waals surface area contributed by atoms with Crippen LogP contribution in [0.5, 0.6) is 0 Å². The normalized spacial score (nSPS) is 15.0. The molecule has 0 fully saturated rings. The number of nitrogens with one attached hydrogen (secondary N) is 1. The summed E-state index contributed by atoms with van der Waals surface area (Å²) < 4.78 is 6.64. The molecule has 21 heavy (non-hydrogen) atoms. The number of likely N-dealkylation sites (N-methyl/N-ethyl adjacent to an activating group) is 1. The predicted molar refractivity (Wildman–Crippen MR) is 89.2 cm³/mol. The summed E-state index contributed by atoms with van der Waals surface area (Å²) in [6.45, 7) is 4.63. The molecule has 0 amide bonds. The number of hydrogen-bond donors (Lipinski definition) is 1. The van der Waals surface area contributed by atoms with Crippen LogP contribution in [-0.4, -0.2) is 6.54 Å². The molecule has 0 bridgehead atoms. The zero-order valence-corrected chi connectivity index (χ0v) is 13.8. The van der Waals surface area contributed by atoms with Crippen molar-refractivity contribution in [1.29, 1.82) is 0 Å². The van der Waals surface area contributed by atoms with E-state index in [1.54, 1.807) is 0 Å². The Hall–Kier alpha value is -1.16. The average Bonchev–Trinajstić information content (AvgIpc) is 2.96. The Morgan fingerprint density at radius 2 is 1.86 bits per heavy atom. The van der Waals surface area contributed by atoms with E-state index in [4.69, 9.17) is 4.74 Å². The molecule has 0 aliphatic carbocycles. The highest BCUT2D eigenvalue weighted by molar-refractivity contribution is 9.10. The third kappa shape index (κ3) is 3.54. The molecule has 2 aromatic carbocycles. The number of halogens is 1. The van der Waals surface area contributed by atoms with Gasteiger partial charge in [0.1, 0.15) is 0 Å². The SMILES string of the molecule is CCNC(Cc1ccc(Br)cc1)c1ccc2c(c1)COC2. The summed E-state index contributed by atoms with van der Waals surface area (Å²) in [6.07, 6.45) is 1.00. The second kappa shape index (κ2) is 6.73. The van der Waals surface area contributed by atoms with Crippen LogP contribution in [0.2, 0.25) is 0 Å². The molecule has 1 heterocycles. The molecule has 2 nitrogen and oxygen atoms in total. The Balaban J connectivity index is 1.82. The van der Waals surface area contributed by atoms with E-state index in [1.807, 2.05) is 0 Å². The van der Waals surface area contributed by atoms with E-state index in [0.717, 1.165) is 30.7 Å². The van der Waals surface area contributed by atoms with Crippen LogP contribution in [0.1, 0.15) is 35.2 Å². The van der Waals surface area contributed by atoms with Gasteiger partial charge in [-0.25, -0.2) is 0 Å². The third-order valence-corrected chi connectivity index (χ3v) is 4.48. The van der Waals surface area contributed by atoms with Crippen molar-refractivity contribution in [3.8, 4) is 0 Å². The van der Waals surface area contributed by atoms with Gasteiger partial charge in [0.15, 0.2) is 0 Å². The second-order valence-electron chi connectivity index (χ2n) is 5.46. The monoisotopic (exact) mass is 345 g/mol. The lowest BCUT2D eigenvalue weighted by molar-refractivity contribution is 0.134. The van der Waals surface area contributed by atoms with Crippen molar-refractivity contribution < 1.29 is 4.74 Å². The largest absolute Gasteiger partial charge is 0.372 e. The highest BCUT2D eigenvalue weighted by Gasteiger charge is 2.16. The van der Waals surface area contributed by atoms with E-state index in [9.17, 15) is 0 Å². The fourth-order valence-corrected chi connectivity index (χ4v) is 3.08. The van der Waals surface area contributed by atoms with E-state index in [0.29, 0.717) is 6.04 Å². The molecular weight excluding hydrogens is 326 g/mol. The van der Waals surface area contributed by atoms with Crippen LogP contribution in [0, 0.1) is 0 Å². The molecule has 0 radical (unpaired) electrons. The van der Waals surface area contributed by atoms with Crippen molar-refractivity contribution >= 4 is 15.9 Å². The Kier molecular flexibility index (Phi) is 4.73. The molecule has 1 atom stereocenters. The molecular formula is C18H20BrNO. The van der Waals surface area contributed by atoms with E-state index < -0.39 is 0 Å². The van der Waals surface area contributed by atoms with Gasteiger partial charge in [0.05, 0.1) is 13.2 Å². The topological polar surface area (TPSA) is 21.3 Å². The predicted octanol–water partition coefficient (Wildman–Crippen LogP) is 4.37. The molecule has 1 N–H and O–H groups in total. The molecule has 2 aromatic rings. The fraction of sp³-hybridized carbons (Fsp3) is 0.333. The van der Waals surface area contributed by atoms with Crippen molar-refractivity contribution in [2.24, 2.45) is 0 Å². The molecule has 110 valence electrons. The van der Waals surface area contributed by atoms with Gasteiger partial charge in [-0.1, -0.05) is 53.2 Å². The van der Waals surface area contributed by atoms with Crippen molar-refractivity contribution in [2.45, 2.75) is 32.6 Å². The van der Waals surface area contributed by atoms with Crippen molar-refractivity contribution in [3.63, 3.8) is 0 Å². The molecule has 3 heteroatoms. The summed E-state index contributed by atoms with van der Waals surface area (Å²) in [5, 5.41) is 3.60. The lowest BCUT2D eigenvalue weighted by Gasteiger charge is -2.19. The van der Waals surface area contributed by atoms with Gasteiger partial charge in [-0.3, -0.25) is 0 Å². The van der Waals surface area contributed by atoms with Crippen LogP contribution in [0.25, 0.3) is 0 Å². The summed E-state index contributed by atoms with van der Waals surface area (Å²) in [7, 11) is 0. The molecule has 1 unspecified atom stereocenters. The zero-order valence-electron chi connectivity index (χ0n) is 12.2. The Morgan fingerprint density at radius 3 is 2.62 bits per heavy atom. The van der Waals surface area contributed by atoms with E-state index in [1.165, 1.54) is 22.3 Å². The molecule has 0 saturated heterocycles. The summed E-state index contributed by atoms with van der Waals surface area (Å²) in [5.41, 5.74) is 5.37. The van der Waals surface area contributed by atoms with Gasteiger partial charge in [0.25, 0.3) is 0 Å². The maximum atomic E-state index is 5.52. The number of hydrogen-bond acceptors (Lipinski definition) is 2. The zero-order chi connectivity index (χ0) is 14.7. The number of benzene rings is 2. The highest BCUT2D eigenvalue weighted by Crippen LogP contribution is 2.26. The van der Waals surface area contributed by atoms with Crippen molar-refractivity contribution in [2.75, 3.05) is 6.54 Å². The van der Waals surface area contributed by atoms with Gasteiger partial charge >= 0.3 is 0 Å². The summed E-state index contributed by atoms with van der Waals surface area (Å²) >= 11 is 3.49. The van der Waals surface area contributed by atoms with Gasteiger partial charge < -0.3 is 10.1 Å². The van der Waals surface area contributed by atoms with Crippen LogP contribution in [0.15, 0.2) is 46.9 Å². The van der Waals surface area contributed by atoms with E-state index in [2.05, 4.69) is 70.6 Å². The minimum atomic E-state index is 0.349. The highest BCUT2D eigenvalue weighted by atomic mass is 79.9. The summed E-state index contributed by atoms with van der Waals surface area (Å²) in [5.74, 6) is 0. The van der Waals surface area contributed by atoms with E-state index in [-0.39, 0.29) is 0 Å². The molecule has 3 rings (SSSR count). The average molecular weight is 346 g/mol. The molecule has 1 aliphatic heterocycles. The summed E-state index contributed by atoms with van der Waals surface area (Å²) in [6, 6.07) is 15.7. The number of rotatable bonds is 5. The van der Waals surface area contributed by atoms with Crippen molar-refractivity contribution in [3.05, 3.63) is 69.2 Å². The Bertz CT molecular complexity index is 609. The second-order valence-corrected chi connectivity index (χ2v) is 6.38. The van der Waals surface area contributed by atoms with Gasteiger partial charge in [0, 0.05) is 10.5 Å². The minimum absolute atomic E-state index is 0.349. The first-order valence-corrected chi connectivity index (χ1v) is 8.23. The number of fused-ring (bicyclic) bond motifs is 1. The fourth-order valence-electron chi connectivity index (χ4n) is 2.82. The Labute approximate surface area is 134 Å². The smallest absolute Gasteiger partial charge is 0.0725 e. The summed E-state index contributed by atoms with van der Waals surface area (Å²) in [4.78, 5) is 0. The first kappa shape index (κ1) is 14.8. The maximum absolute atomic E-state index is 5.52.